The van der Waals surface area contributed by atoms with Crippen LogP contribution < -0.4 is 5.32 Å². The van der Waals surface area contributed by atoms with E-state index in [1.165, 1.54) is 11.3 Å². The Morgan fingerprint density at radius 2 is 2.24 bits per heavy atom. The third kappa shape index (κ3) is 3.70. The number of hydrogen-bond acceptors (Lipinski definition) is 5. The number of ether oxygens (including phenoxy) is 1. The van der Waals surface area contributed by atoms with Gasteiger partial charge in [-0.05, 0) is 31.9 Å². The molecular weight excluding hydrogens is 288 g/mol. The smallest absolute Gasteiger partial charge is 0.239 e. The second-order valence-electron chi connectivity index (χ2n) is 5.68. The minimum Gasteiger partial charge on any atom is -0.378 e. The lowest BCUT2D eigenvalue weighted by Gasteiger charge is -2.33. The molecule has 1 aliphatic heterocycles. The number of carbonyl (C=O) groups excluding carboxylic acids is 2. The molecule has 1 N–H and O–H groups in total. The molecule has 6 heteroatoms. The van der Waals surface area contributed by atoms with E-state index in [-0.39, 0.29) is 24.3 Å². The average Bonchev–Trinajstić information content (AvgIpc) is 3.17. The lowest BCUT2D eigenvalue weighted by molar-refractivity contribution is -0.132. The summed E-state index contributed by atoms with van der Waals surface area (Å²) in [6, 6.07) is 3.80. The molecule has 0 aromatic carbocycles. The van der Waals surface area contributed by atoms with Crippen molar-refractivity contribution in [1.82, 2.24) is 10.2 Å². The number of thiophene rings is 1. The Labute approximate surface area is 128 Å². The van der Waals surface area contributed by atoms with Crippen LogP contribution in [0.15, 0.2) is 12.1 Å². The van der Waals surface area contributed by atoms with Crippen LogP contribution in [0.25, 0.3) is 0 Å². The van der Waals surface area contributed by atoms with Crippen molar-refractivity contribution < 1.29 is 14.3 Å². The number of morpholine rings is 1. The third-order valence-corrected chi connectivity index (χ3v) is 4.87. The first-order valence-electron chi connectivity index (χ1n) is 7.35. The van der Waals surface area contributed by atoms with Gasteiger partial charge in [-0.25, -0.2) is 0 Å². The fraction of sp³-hybridized carbons (Fsp3) is 0.600. The van der Waals surface area contributed by atoms with Gasteiger partial charge >= 0.3 is 0 Å². The first-order valence-corrected chi connectivity index (χ1v) is 8.17. The standard InChI is InChI=1S/C15H20N2O3S/c1-10-2-5-14(21-10)13(18)8-17-6-7-20-9-12(17)15(19)16-11-3-4-11/h2,5,11-12H,3-4,6-9H2,1H3,(H,16,19). The first kappa shape index (κ1) is 14.7. The molecule has 2 fully saturated rings. The molecular formula is C15H20N2O3S. The van der Waals surface area contributed by atoms with Gasteiger partial charge < -0.3 is 10.1 Å². The summed E-state index contributed by atoms with van der Waals surface area (Å²) in [6.07, 6.45) is 2.12. The van der Waals surface area contributed by atoms with Crippen LogP contribution >= 0.6 is 11.3 Å². The van der Waals surface area contributed by atoms with Crippen LogP contribution in [-0.2, 0) is 9.53 Å². The average molecular weight is 308 g/mol. The highest BCUT2D eigenvalue weighted by atomic mass is 32.1. The van der Waals surface area contributed by atoms with Gasteiger partial charge in [0.15, 0.2) is 5.78 Å². The summed E-state index contributed by atoms with van der Waals surface area (Å²) in [5.41, 5.74) is 0. The van der Waals surface area contributed by atoms with Crippen LogP contribution in [0.2, 0.25) is 0 Å². The maximum Gasteiger partial charge on any atom is 0.239 e. The summed E-state index contributed by atoms with van der Waals surface area (Å²) >= 11 is 1.51. The molecule has 1 aromatic heterocycles. The third-order valence-electron chi connectivity index (χ3n) is 3.83. The molecule has 21 heavy (non-hydrogen) atoms. The number of nitrogens with zero attached hydrogens (tertiary/aromatic N) is 1. The summed E-state index contributed by atoms with van der Waals surface area (Å²) in [5.74, 6) is 0.0755. The maximum atomic E-state index is 12.3. The number of Topliss-reactive ketones (excluding diaryl/α,β-unsaturated/α-hetero) is 1. The molecule has 0 bridgehead atoms. The monoisotopic (exact) mass is 308 g/mol. The Balaban J connectivity index is 1.63. The van der Waals surface area contributed by atoms with Gasteiger partial charge in [-0.3, -0.25) is 14.5 Å². The van der Waals surface area contributed by atoms with E-state index in [1.54, 1.807) is 0 Å². The molecule has 5 nitrogen and oxygen atoms in total. The quantitative estimate of drug-likeness (QED) is 0.831. The predicted octanol–water partition coefficient (Wildman–Crippen LogP) is 1.22. The minimum atomic E-state index is -0.343. The van der Waals surface area contributed by atoms with Crippen molar-refractivity contribution in [2.24, 2.45) is 0 Å². The molecule has 1 aliphatic carbocycles. The van der Waals surface area contributed by atoms with Gasteiger partial charge in [0.25, 0.3) is 0 Å². The second kappa shape index (κ2) is 6.25. The molecule has 1 unspecified atom stereocenters. The van der Waals surface area contributed by atoms with Gasteiger partial charge in [0.05, 0.1) is 24.6 Å². The van der Waals surface area contributed by atoms with E-state index >= 15 is 0 Å². The first-order chi connectivity index (χ1) is 10.1. The summed E-state index contributed by atoms with van der Waals surface area (Å²) in [6.45, 7) is 3.84. The van der Waals surface area contributed by atoms with E-state index < -0.39 is 0 Å². The number of hydrogen-bond donors (Lipinski definition) is 1. The van der Waals surface area contributed by atoms with E-state index in [9.17, 15) is 9.59 Å². The molecule has 1 amide bonds. The number of ketones is 1. The minimum absolute atomic E-state index is 0.00707. The topological polar surface area (TPSA) is 58.6 Å². The van der Waals surface area contributed by atoms with Crippen molar-refractivity contribution >= 4 is 23.0 Å². The highest BCUT2D eigenvalue weighted by Gasteiger charge is 2.34. The van der Waals surface area contributed by atoms with Crippen LogP contribution in [0.4, 0.5) is 0 Å². The Morgan fingerprint density at radius 3 is 2.90 bits per heavy atom. The number of rotatable bonds is 5. The van der Waals surface area contributed by atoms with Gasteiger partial charge in [-0.1, -0.05) is 0 Å². The van der Waals surface area contributed by atoms with E-state index in [4.69, 9.17) is 4.74 Å². The fourth-order valence-corrected chi connectivity index (χ4v) is 3.24. The summed E-state index contributed by atoms with van der Waals surface area (Å²) < 4.78 is 5.42. The Bertz CT molecular complexity index is 539. The molecule has 1 aromatic rings. The van der Waals surface area contributed by atoms with Crippen LogP contribution in [0.5, 0.6) is 0 Å². The number of amides is 1. The normalized spacial score (nSPS) is 23.0. The molecule has 3 rings (SSSR count). The van der Waals surface area contributed by atoms with Crippen LogP contribution in [0.3, 0.4) is 0 Å². The van der Waals surface area contributed by atoms with Crippen molar-refractivity contribution in [1.29, 1.82) is 0 Å². The molecule has 1 saturated heterocycles. The van der Waals surface area contributed by atoms with E-state index in [2.05, 4.69) is 5.32 Å². The molecule has 1 saturated carbocycles. The van der Waals surface area contributed by atoms with Crippen molar-refractivity contribution in [3.63, 3.8) is 0 Å². The molecule has 114 valence electrons. The predicted molar refractivity (Wildman–Crippen MR) is 80.7 cm³/mol. The van der Waals surface area contributed by atoms with Gasteiger partial charge in [-0.15, -0.1) is 11.3 Å². The summed E-state index contributed by atoms with van der Waals surface area (Å²) in [5, 5.41) is 3.00. The van der Waals surface area contributed by atoms with E-state index in [0.717, 1.165) is 22.6 Å². The zero-order valence-electron chi connectivity index (χ0n) is 12.1. The highest BCUT2D eigenvalue weighted by molar-refractivity contribution is 7.14. The maximum absolute atomic E-state index is 12.3. The van der Waals surface area contributed by atoms with Crippen molar-refractivity contribution in [2.75, 3.05) is 26.3 Å². The Hall–Kier alpha value is -1.24. The molecule has 2 aliphatic rings. The van der Waals surface area contributed by atoms with Crippen LogP contribution in [0.1, 0.15) is 27.4 Å². The van der Waals surface area contributed by atoms with Gasteiger partial charge in [0.1, 0.15) is 6.04 Å². The Morgan fingerprint density at radius 1 is 1.43 bits per heavy atom. The molecule has 0 radical (unpaired) electrons. The van der Waals surface area contributed by atoms with Gasteiger partial charge in [0, 0.05) is 17.5 Å². The van der Waals surface area contributed by atoms with Crippen molar-refractivity contribution in [2.45, 2.75) is 31.8 Å². The lowest BCUT2D eigenvalue weighted by Crippen LogP contribution is -2.55. The summed E-state index contributed by atoms with van der Waals surface area (Å²) in [7, 11) is 0. The molecule has 2 heterocycles. The van der Waals surface area contributed by atoms with Crippen LogP contribution in [-0.4, -0.2) is 55.0 Å². The molecule has 0 spiro atoms. The number of aryl methyl sites for hydroxylation is 1. The van der Waals surface area contributed by atoms with E-state index in [1.807, 2.05) is 24.0 Å². The second-order valence-corrected chi connectivity index (χ2v) is 6.97. The molecule has 1 atom stereocenters. The zero-order valence-corrected chi connectivity index (χ0v) is 12.9. The van der Waals surface area contributed by atoms with Crippen LogP contribution in [0, 0.1) is 6.92 Å². The van der Waals surface area contributed by atoms with Crippen molar-refractivity contribution in [3.05, 3.63) is 21.9 Å². The highest BCUT2D eigenvalue weighted by Crippen LogP contribution is 2.20. The van der Waals surface area contributed by atoms with Gasteiger partial charge in [-0.2, -0.15) is 0 Å². The summed E-state index contributed by atoms with van der Waals surface area (Å²) in [4.78, 5) is 28.4. The number of nitrogens with one attached hydrogen (secondary N) is 1. The largest absolute Gasteiger partial charge is 0.378 e. The van der Waals surface area contributed by atoms with E-state index in [0.29, 0.717) is 25.8 Å². The van der Waals surface area contributed by atoms with Gasteiger partial charge in [0.2, 0.25) is 5.91 Å². The Kier molecular flexibility index (Phi) is 4.37. The SMILES string of the molecule is Cc1ccc(C(=O)CN2CCOCC2C(=O)NC2CC2)s1. The number of carbonyl (C=O) groups is 2. The lowest BCUT2D eigenvalue weighted by atomic mass is 10.2. The fourth-order valence-electron chi connectivity index (χ4n) is 2.44. The van der Waals surface area contributed by atoms with Crippen molar-refractivity contribution in [3.8, 4) is 0 Å². The zero-order chi connectivity index (χ0) is 14.8.